The van der Waals surface area contributed by atoms with Crippen LogP contribution in [0.4, 0.5) is 21.5 Å². The normalized spacial score (nSPS) is 9.42. The van der Waals surface area contributed by atoms with E-state index in [9.17, 15) is 4.39 Å². The molecule has 0 fully saturated rings. The van der Waals surface area contributed by atoms with Crippen LogP contribution in [-0.4, -0.2) is 0 Å². The second-order valence-electron chi connectivity index (χ2n) is 3.81. The van der Waals surface area contributed by atoms with E-state index in [1.54, 1.807) is 24.3 Å². The number of hydrogen-bond donors (Lipinski definition) is 2. The van der Waals surface area contributed by atoms with Gasteiger partial charge in [0, 0.05) is 0 Å². The third-order valence-electron chi connectivity index (χ3n) is 2.58. The van der Waals surface area contributed by atoms with Crippen molar-refractivity contribution in [1.29, 1.82) is 10.5 Å². The average molecular weight is 252 g/mol. The average Bonchev–Trinajstić information content (AvgIpc) is 2.41. The van der Waals surface area contributed by atoms with E-state index in [4.69, 9.17) is 16.3 Å². The zero-order valence-electron chi connectivity index (χ0n) is 9.81. The molecule has 0 heterocycles. The number of nitrogens with two attached hydrogens (primary N) is 1. The molecule has 0 saturated carbocycles. The lowest BCUT2D eigenvalue weighted by molar-refractivity contribution is 0.624. The van der Waals surface area contributed by atoms with Crippen molar-refractivity contribution >= 4 is 17.1 Å². The lowest BCUT2D eigenvalue weighted by Gasteiger charge is -2.11. The van der Waals surface area contributed by atoms with Crippen molar-refractivity contribution in [3.8, 4) is 12.1 Å². The molecular formula is C14H9FN4. The number of nitrogen functional groups attached to an aromatic ring is 1. The van der Waals surface area contributed by atoms with Crippen molar-refractivity contribution in [3.63, 3.8) is 0 Å². The van der Waals surface area contributed by atoms with Crippen molar-refractivity contribution in [3.05, 3.63) is 53.3 Å². The Morgan fingerprint density at radius 1 is 1.05 bits per heavy atom. The molecular weight excluding hydrogens is 243 g/mol. The highest BCUT2D eigenvalue weighted by Crippen LogP contribution is 2.27. The molecule has 0 aliphatic carbocycles. The Morgan fingerprint density at radius 3 is 2.47 bits per heavy atom. The zero-order valence-corrected chi connectivity index (χ0v) is 9.81. The van der Waals surface area contributed by atoms with Crippen LogP contribution in [-0.2, 0) is 0 Å². The molecule has 4 nitrogen and oxygen atoms in total. The summed E-state index contributed by atoms with van der Waals surface area (Å²) in [5, 5.41) is 20.6. The molecule has 0 aromatic heterocycles. The van der Waals surface area contributed by atoms with Gasteiger partial charge in [-0.1, -0.05) is 6.07 Å². The third-order valence-corrected chi connectivity index (χ3v) is 2.58. The summed E-state index contributed by atoms with van der Waals surface area (Å²) < 4.78 is 13.4. The van der Waals surface area contributed by atoms with Crippen LogP contribution in [0.5, 0.6) is 0 Å². The summed E-state index contributed by atoms with van der Waals surface area (Å²) in [6.07, 6.45) is 0. The number of nitrogens with zero attached hydrogens (tertiary/aromatic N) is 2. The van der Waals surface area contributed by atoms with Crippen LogP contribution in [0, 0.1) is 28.5 Å². The zero-order chi connectivity index (χ0) is 13.8. The fourth-order valence-electron chi connectivity index (χ4n) is 1.63. The van der Waals surface area contributed by atoms with Crippen molar-refractivity contribution in [2.45, 2.75) is 0 Å². The van der Waals surface area contributed by atoms with Gasteiger partial charge in [-0.25, -0.2) is 4.39 Å². The van der Waals surface area contributed by atoms with Gasteiger partial charge in [0.05, 0.1) is 28.7 Å². The second kappa shape index (κ2) is 5.07. The number of nitrogens with one attached hydrogen (secondary N) is 1. The summed E-state index contributed by atoms with van der Waals surface area (Å²) in [6, 6.07) is 12.8. The summed E-state index contributed by atoms with van der Waals surface area (Å²) in [5.74, 6) is -0.597. The van der Waals surface area contributed by atoms with Crippen LogP contribution in [0.1, 0.15) is 11.1 Å². The standard InChI is InChI=1S/C14H9FN4/c15-11-2-1-3-13(10(11)8-17)19-14-5-4-9(7-16)6-12(14)18/h1-6,19H,18H2. The summed E-state index contributed by atoms with van der Waals surface area (Å²) in [4.78, 5) is 0. The maximum Gasteiger partial charge on any atom is 0.143 e. The van der Waals surface area contributed by atoms with Gasteiger partial charge in [-0.15, -0.1) is 0 Å². The molecule has 0 unspecified atom stereocenters. The first-order valence-corrected chi connectivity index (χ1v) is 5.41. The highest BCUT2D eigenvalue weighted by Gasteiger charge is 2.09. The predicted molar refractivity (Wildman–Crippen MR) is 70.0 cm³/mol. The Hall–Kier alpha value is -3.05. The molecule has 0 radical (unpaired) electrons. The fourth-order valence-corrected chi connectivity index (χ4v) is 1.63. The van der Waals surface area contributed by atoms with E-state index in [1.807, 2.05) is 6.07 Å². The van der Waals surface area contributed by atoms with Crippen LogP contribution in [0.15, 0.2) is 36.4 Å². The van der Waals surface area contributed by atoms with Crippen molar-refractivity contribution in [2.75, 3.05) is 11.1 Å². The van der Waals surface area contributed by atoms with E-state index in [1.165, 1.54) is 18.2 Å². The Kier molecular flexibility index (Phi) is 3.31. The van der Waals surface area contributed by atoms with Gasteiger partial charge in [-0.3, -0.25) is 0 Å². The minimum Gasteiger partial charge on any atom is -0.397 e. The second-order valence-corrected chi connectivity index (χ2v) is 3.81. The first-order valence-electron chi connectivity index (χ1n) is 5.41. The quantitative estimate of drug-likeness (QED) is 0.804. The molecule has 0 bridgehead atoms. The number of hydrogen-bond acceptors (Lipinski definition) is 4. The maximum absolute atomic E-state index is 13.4. The summed E-state index contributed by atoms with van der Waals surface area (Å²) >= 11 is 0. The first kappa shape index (κ1) is 12.4. The van der Waals surface area contributed by atoms with Crippen LogP contribution < -0.4 is 11.1 Å². The highest BCUT2D eigenvalue weighted by molar-refractivity contribution is 5.76. The summed E-state index contributed by atoms with van der Waals surface area (Å²) in [6.45, 7) is 0. The fraction of sp³-hybridized carbons (Fsp3) is 0. The predicted octanol–water partition coefficient (Wildman–Crippen LogP) is 2.89. The van der Waals surface area contributed by atoms with Crippen molar-refractivity contribution < 1.29 is 4.39 Å². The summed E-state index contributed by atoms with van der Waals surface area (Å²) in [7, 11) is 0. The summed E-state index contributed by atoms with van der Waals surface area (Å²) in [5.41, 5.74) is 7.34. The van der Waals surface area contributed by atoms with Crippen LogP contribution in [0.3, 0.4) is 0 Å². The molecule has 2 aromatic rings. The van der Waals surface area contributed by atoms with Crippen LogP contribution in [0.25, 0.3) is 0 Å². The molecule has 0 aliphatic heterocycles. The molecule has 5 heteroatoms. The largest absolute Gasteiger partial charge is 0.397 e. The highest BCUT2D eigenvalue weighted by atomic mass is 19.1. The monoisotopic (exact) mass is 252 g/mol. The number of halogens is 1. The van der Waals surface area contributed by atoms with Gasteiger partial charge in [0.1, 0.15) is 17.4 Å². The molecule has 0 saturated heterocycles. The molecule has 0 atom stereocenters. The van der Waals surface area contributed by atoms with E-state index in [0.717, 1.165) is 0 Å². The first-order chi connectivity index (χ1) is 9.15. The van der Waals surface area contributed by atoms with Gasteiger partial charge >= 0.3 is 0 Å². The Morgan fingerprint density at radius 2 is 1.84 bits per heavy atom. The number of anilines is 3. The van der Waals surface area contributed by atoms with Crippen LogP contribution >= 0.6 is 0 Å². The van der Waals surface area contributed by atoms with Gasteiger partial charge in [-0.05, 0) is 30.3 Å². The smallest absolute Gasteiger partial charge is 0.143 e. The van der Waals surface area contributed by atoms with Crippen molar-refractivity contribution in [2.24, 2.45) is 0 Å². The van der Waals surface area contributed by atoms with E-state index in [-0.39, 0.29) is 5.56 Å². The Bertz CT molecular complexity index is 710. The number of rotatable bonds is 2. The molecule has 0 amide bonds. The Balaban J connectivity index is 2.41. The lowest BCUT2D eigenvalue weighted by Crippen LogP contribution is -1.99. The van der Waals surface area contributed by atoms with Gasteiger partial charge in [0.2, 0.25) is 0 Å². The lowest BCUT2D eigenvalue weighted by atomic mass is 10.1. The molecule has 0 spiro atoms. The topological polar surface area (TPSA) is 85.6 Å². The van der Waals surface area contributed by atoms with Gasteiger partial charge in [0.25, 0.3) is 0 Å². The van der Waals surface area contributed by atoms with Crippen molar-refractivity contribution in [1.82, 2.24) is 0 Å². The number of nitriles is 2. The SMILES string of the molecule is N#Cc1ccc(Nc2cccc(F)c2C#N)c(N)c1. The van der Waals surface area contributed by atoms with E-state index in [2.05, 4.69) is 5.32 Å². The van der Waals surface area contributed by atoms with E-state index >= 15 is 0 Å². The van der Waals surface area contributed by atoms with E-state index in [0.29, 0.717) is 22.6 Å². The minimum atomic E-state index is -0.597. The molecule has 0 aliphatic rings. The van der Waals surface area contributed by atoms with E-state index < -0.39 is 5.82 Å². The third kappa shape index (κ3) is 2.46. The van der Waals surface area contributed by atoms with Gasteiger partial charge in [-0.2, -0.15) is 10.5 Å². The molecule has 2 rings (SSSR count). The van der Waals surface area contributed by atoms with Gasteiger partial charge in [0.15, 0.2) is 0 Å². The minimum absolute atomic E-state index is 0.0775. The molecule has 19 heavy (non-hydrogen) atoms. The number of benzene rings is 2. The Labute approximate surface area is 109 Å². The molecule has 92 valence electrons. The molecule has 2 aromatic carbocycles. The molecule has 3 N–H and O–H groups in total. The van der Waals surface area contributed by atoms with Gasteiger partial charge < -0.3 is 11.1 Å². The van der Waals surface area contributed by atoms with Crippen LogP contribution in [0.2, 0.25) is 0 Å². The maximum atomic E-state index is 13.4.